The number of aromatic nitrogens is 6. The van der Waals surface area contributed by atoms with E-state index in [0.717, 1.165) is 46.4 Å². The predicted octanol–water partition coefficient (Wildman–Crippen LogP) is 5.91. The predicted molar refractivity (Wildman–Crippen MR) is 156 cm³/mol. The summed E-state index contributed by atoms with van der Waals surface area (Å²) in [4.78, 5) is 23.8. The second kappa shape index (κ2) is 10.5. The van der Waals surface area contributed by atoms with Gasteiger partial charge in [0.1, 0.15) is 17.9 Å². The Balaban J connectivity index is 1.32. The topological polar surface area (TPSA) is 99.7 Å². The quantitative estimate of drug-likeness (QED) is 0.267. The summed E-state index contributed by atoms with van der Waals surface area (Å²) in [5.74, 6) is 0.465. The molecule has 1 aliphatic heterocycles. The van der Waals surface area contributed by atoms with E-state index in [9.17, 15) is 4.79 Å². The first-order valence-electron chi connectivity index (χ1n) is 14.0. The molecular weight excluding hydrogens is 518 g/mol. The molecule has 1 aromatic carbocycles. The van der Waals surface area contributed by atoms with Crippen molar-refractivity contribution in [3.8, 4) is 17.3 Å². The van der Waals surface area contributed by atoms with Gasteiger partial charge in [-0.15, -0.1) is 0 Å². The first-order chi connectivity index (χ1) is 19.6. The lowest BCUT2D eigenvalue weighted by molar-refractivity contribution is 0.0185. The van der Waals surface area contributed by atoms with Gasteiger partial charge in [0.2, 0.25) is 5.88 Å². The number of aryl methyl sites for hydroxylation is 2. The molecule has 1 aliphatic rings. The summed E-state index contributed by atoms with van der Waals surface area (Å²) in [6.45, 7) is 11.3. The van der Waals surface area contributed by atoms with Crippen LogP contribution in [-0.4, -0.2) is 59.0 Å². The highest BCUT2D eigenvalue weighted by Crippen LogP contribution is 2.32. The fourth-order valence-corrected chi connectivity index (χ4v) is 5.17. The number of carbonyl (C=O) groups is 1. The minimum Gasteiger partial charge on any atom is -0.471 e. The molecule has 0 N–H and O–H groups in total. The summed E-state index contributed by atoms with van der Waals surface area (Å²) in [6, 6.07) is 14.2. The number of piperidine rings is 1. The fraction of sp³-hybridized carbons (Fsp3) is 0.387. The first-order valence-corrected chi connectivity index (χ1v) is 14.0. The van der Waals surface area contributed by atoms with Crippen molar-refractivity contribution in [1.29, 1.82) is 0 Å². The minimum absolute atomic E-state index is 0.150. The monoisotopic (exact) mass is 553 g/mol. The van der Waals surface area contributed by atoms with E-state index in [2.05, 4.69) is 11.2 Å². The number of likely N-dealkylation sites (tertiary alicyclic amines) is 1. The maximum absolute atomic E-state index is 12.6. The van der Waals surface area contributed by atoms with Crippen molar-refractivity contribution in [2.24, 2.45) is 0 Å². The van der Waals surface area contributed by atoms with Gasteiger partial charge in [0, 0.05) is 24.7 Å². The Kier molecular flexibility index (Phi) is 6.84. The molecule has 0 unspecified atom stereocenters. The lowest BCUT2D eigenvalue weighted by atomic mass is 10.1. The number of ether oxygens (including phenoxy) is 2. The lowest BCUT2D eigenvalue weighted by Crippen LogP contribution is -2.42. The molecule has 0 spiro atoms. The molecule has 0 bridgehead atoms. The summed E-state index contributed by atoms with van der Waals surface area (Å²) < 4.78 is 15.6. The molecule has 4 aromatic heterocycles. The van der Waals surface area contributed by atoms with Gasteiger partial charge in [-0.05, 0) is 70.7 Å². The number of amides is 1. The Morgan fingerprint density at radius 1 is 0.976 bits per heavy atom. The third-order valence-corrected chi connectivity index (χ3v) is 7.18. The molecule has 0 aliphatic carbocycles. The number of fused-ring (bicyclic) bond motifs is 2. The van der Waals surface area contributed by atoms with E-state index in [0.29, 0.717) is 36.8 Å². The Morgan fingerprint density at radius 2 is 1.73 bits per heavy atom. The summed E-state index contributed by atoms with van der Waals surface area (Å²) in [5.41, 5.74) is 5.44. The molecule has 1 saturated heterocycles. The third-order valence-electron chi connectivity index (χ3n) is 7.18. The molecule has 0 saturated carbocycles. The van der Waals surface area contributed by atoms with E-state index in [1.807, 2.05) is 88.0 Å². The van der Waals surface area contributed by atoms with Gasteiger partial charge in [-0.2, -0.15) is 10.2 Å². The molecule has 0 atom stereocenters. The smallest absolute Gasteiger partial charge is 0.410 e. The first kappa shape index (κ1) is 26.7. The van der Waals surface area contributed by atoms with Crippen molar-refractivity contribution in [2.75, 3.05) is 13.1 Å². The van der Waals surface area contributed by atoms with E-state index in [1.54, 1.807) is 9.42 Å². The Labute approximate surface area is 238 Å². The van der Waals surface area contributed by atoms with Crippen LogP contribution in [0.1, 0.15) is 56.5 Å². The molecule has 0 radical (unpaired) electrons. The molecule has 5 aromatic rings. The summed E-state index contributed by atoms with van der Waals surface area (Å²) in [7, 11) is 0. The number of nitrogens with zero attached hydrogens (tertiary/aromatic N) is 7. The molecule has 5 heterocycles. The maximum Gasteiger partial charge on any atom is 0.410 e. The summed E-state index contributed by atoms with van der Waals surface area (Å²) >= 11 is 0. The average Bonchev–Trinajstić information content (AvgIpc) is 3.55. The molecule has 1 fully saturated rings. The largest absolute Gasteiger partial charge is 0.471 e. The van der Waals surface area contributed by atoms with Crippen molar-refractivity contribution in [1.82, 2.24) is 34.3 Å². The van der Waals surface area contributed by atoms with Crippen LogP contribution in [0.3, 0.4) is 0 Å². The van der Waals surface area contributed by atoms with E-state index in [4.69, 9.17) is 24.7 Å². The number of hydrogen-bond acceptors (Lipinski definition) is 7. The van der Waals surface area contributed by atoms with Crippen molar-refractivity contribution in [2.45, 2.75) is 65.7 Å². The number of hydrogen-bond donors (Lipinski definition) is 0. The molecule has 10 nitrogen and oxygen atoms in total. The number of carbonyl (C=O) groups excluding carboxylic acids is 1. The van der Waals surface area contributed by atoms with Crippen LogP contribution in [0.4, 0.5) is 4.79 Å². The number of rotatable bonds is 5. The number of pyridine rings is 1. The highest BCUT2D eigenvalue weighted by atomic mass is 16.6. The van der Waals surface area contributed by atoms with Gasteiger partial charge in [-0.25, -0.2) is 19.3 Å². The van der Waals surface area contributed by atoms with Crippen LogP contribution in [0.15, 0.2) is 54.9 Å². The average molecular weight is 554 g/mol. The van der Waals surface area contributed by atoms with Crippen molar-refractivity contribution in [3.63, 3.8) is 0 Å². The van der Waals surface area contributed by atoms with E-state index >= 15 is 0 Å². The Bertz CT molecular complexity index is 1710. The Morgan fingerprint density at radius 3 is 2.46 bits per heavy atom. The standard InChI is InChI=1S/C31H35N7O3/c1-20-15-26(34-38-17-21(2)32-28(20)38)25-16-23-18-37(24-11-13-36(14-12-24)30(39)41-31(3,4)5)35-27(23)29(33-25)40-19-22-9-7-6-8-10-22/h6-10,15-18,24H,11-14,19H2,1-5H3. The van der Waals surface area contributed by atoms with Gasteiger partial charge in [-0.1, -0.05) is 30.3 Å². The SMILES string of the molecule is Cc1cn2nc(-c3cc4cn(C5CCN(C(=O)OC(C)(C)C)CC5)nc4c(OCc4ccccc4)n3)cc(C)c2n1. The van der Waals surface area contributed by atoms with Gasteiger partial charge in [0.15, 0.2) is 11.2 Å². The minimum atomic E-state index is -0.511. The molecule has 1 amide bonds. The Hall–Kier alpha value is -4.47. The van der Waals surface area contributed by atoms with E-state index < -0.39 is 5.60 Å². The normalized spacial score (nSPS) is 14.6. The van der Waals surface area contributed by atoms with Crippen LogP contribution in [-0.2, 0) is 11.3 Å². The highest BCUT2D eigenvalue weighted by Gasteiger charge is 2.28. The van der Waals surface area contributed by atoms with Crippen LogP contribution in [0.2, 0.25) is 0 Å². The maximum atomic E-state index is 12.6. The van der Waals surface area contributed by atoms with E-state index in [1.165, 1.54) is 0 Å². The lowest BCUT2D eigenvalue weighted by Gasteiger charge is -2.33. The molecule has 41 heavy (non-hydrogen) atoms. The van der Waals surface area contributed by atoms with Gasteiger partial charge in [-0.3, -0.25) is 4.68 Å². The van der Waals surface area contributed by atoms with Crippen molar-refractivity contribution < 1.29 is 14.3 Å². The van der Waals surface area contributed by atoms with Crippen molar-refractivity contribution >= 4 is 22.6 Å². The van der Waals surface area contributed by atoms with Gasteiger partial charge >= 0.3 is 6.09 Å². The van der Waals surface area contributed by atoms with Gasteiger partial charge < -0.3 is 14.4 Å². The van der Waals surface area contributed by atoms with Crippen LogP contribution in [0, 0.1) is 13.8 Å². The van der Waals surface area contributed by atoms with Crippen molar-refractivity contribution in [3.05, 3.63) is 71.7 Å². The number of benzene rings is 1. The molecule has 10 heteroatoms. The van der Waals surface area contributed by atoms with Crippen LogP contribution >= 0.6 is 0 Å². The molecular formula is C31H35N7O3. The number of imidazole rings is 1. The second-order valence-electron chi connectivity index (χ2n) is 11.7. The third kappa shape index (κ3) is 5.73. The zero-order valence-corrected chi connectivity index (χ0v) is 24.2. The summed E-state index contributed by atoms with van der Waals surface area (Å²) in [5, 5.41) is 10.7. The molecule has 6 rings (SSSR count). The van der Waals surface area contributed by atoms with Gasteiger partial charge in [0.25, 0.3) is 0 Å². The van der Waals surface area contributed by atoms with Gasteiger partial charge in [0.05, 0.1) is 23.6 Å². The highest BCUT2D eigenvalue weighted by molar-refractivity contribution is 5.86. The zero-order chi connectivity index (χ0) is 28.7. The molecule has 212 valence electrons. The van der Waals surface area contributed by atoms with E-state index in [-0.39, 0.29) is 12.1 Å². The van der Waals surface area contributed by atoms with Crippen LogP contribution in [0.5, 0.6) is 5.88 Å². The fourth-order valence-electron chi connectivity index (χ4n) is 5.17. The van der Waals surface area contributed by atoms with Crippen LogP contribution in [0.25, 0.3) is 27.9 Å². The summed E-state index contributed by atoms with van der Waals surface area (Å²) in [6.07, 6.45) is 5.27. The second-order valence-corrected chi connectivity index (χ2v) is 11.7. The zero-order valence-electron chi connectivity index (χ0n) is 24.2. The van der Waals surface area contributed by atoms with Crippen LogP contribution < -0.4 is 4.74 Å².